The molecule has 0 heterocycles. The standard InChI is InChI=1S/C59H105N5O12/c1-13-14-15-16-17-18-19-20-21-22-23-24-25-26-27-28-29-64(12,30-32-73-52(67)60-44-58(10)40-48(38-56(6,7)42-58)62-54(69)75-36-34-71-50(65)46(2)3)31-33-74-53(68)61-45-59(11)41-49(39-57(8,9)43-59)63-55(70)76-37-35-72-51(66)47(4)5/h48-49H,2,4,13-45H2,1,3,5-12H3,(H3-,60,61,62,63,67,68,69,70)/p+1. The Kier molecular flexibility index (Phi) is 31.2. The molecule has 17 heteroatoms. The Bertz CT molecular complexity index is 1700. The second-order valence-corrected chi connectivity index (χ2v) is 25.0. The topological polar surface area (TPSA) is 206 Å². The number of rotatable bonds is 37. The number of carbonyl (C=O) groups excluding carboxylic acids is 6. The van der Waals surface area contributed by atoms with Crippen molar-refractivity contribution in [1.29, 1.82) is 0 Å². The van der Waals surface area contributed by atoms with Gasteiger partial charge in [-0.25, -0.2) is 28.8 Å². The molecule has 2 aliphatic carbocycles. The SMILES string of the molecule is C=C(C)C(=O)OCCOC(=O)NC1CC(C)(C)CC(C)(CNC(=O)OCC[N+](C)(CCCCCCCCCCCCCCCCCC)CCOC(=O)NCC2(C)CC(NC(=O)OCCOC(=O)C(=C)C)CC(C)(C)C2)C1. The lowest BCUT2D eigenvalue weighted by Crippen LogP contribution is -2.51. The Labute approximate surface area is 458 Å². The number of carbonyl (C=O) groups is 6. The van der Waals surface area contributed by atoms with Gasteiger partial charge >= 0.3 is 36.3 Å². The van der Waals surface area contributed by atoms with Crippen LogP contribution >= 0.6 is 0 Å². The highest BCUT2D eigenvalue weighted by Gasteiger charge is 2.43. The first kappa shape index (κ1) is 67.6. The van der Waals surface area contributed by atoms with Gasteiger partial charge in [-0.15, -0.1) is 0 Å². The number of quaternary nitrogens is 1. The molecule has 0 aromatic heterocycles. The molecule has 2 fully saturated rings. The van der Waals surface area contributed by atoms with Gasteiger partial charge in [-0.1, -0.05) is 152 Å². The fourth-order valence-corrected chi connectivity index (χ4v) is 11.7. The van der Waals surface area contributed by atoms with Gasteiger partial charge in [-0.05, 0) is 86.9 Å². The van der Waals surface area contributed by atoms with Crippen LogP contribution in [0, 0.1) is 21.7 Å². The fraction of sp³-hybridized carbons (Fsp3) is 0.831. The van der Waals surface area contributed by atoms with E-state index in [4.69, 9.17) is 28.4 Å². The van der Waals surface area contributed by atoms with E-state index in [1.165, 1.54) is 89.9 Å². The van der Waals surface area contributed by atoms with Gasteiger partial charge < -0.3 is 54.2 Å². The number of likely N-dealkylation sites (N-methyl/N-ethyl adjacent to an activating group) is 1. The number of hydrogen-bond donors (Lipinski definition) is 4. The third-order valence-corrected chi connectivity index (χ3v) is 14.9. The van der Waals surface area contributed by atoms with Crippen LogP contribution in [-0.2, 0) is 38.0 Å². The quantitative estimate of drug-likeness (QED) is 0.0151. The number of hydrogen-bond acceptors (Lipinski definition) is 12. The highest BCUT2D eigenvalue weighted by atomic mass is 16.6. The van der Waals surface area contributed by atoms with Crippen LogP contribution in [0.25, 0.3) is 0 Å². The normalized spacial score (nSPS) is 21.4. The summed E-state index contributed by atoms with van der Waals surface area (Å²) in [6.07, 6.45) is 22.9. The molecule has 0 saturated heterocycles. The monoisotopic (exact) mass is 1080 g/mol. The van der Waals surface area contributed by atoms with Gasteiger partial charge in [0.05, 0.1) is 13.6 Å². The lowest BCUT2D eigenvalue weighted by Gasteiger charge is -2.46. The zero-order valence-electron chi connectivity index (χ0n) is 49.2. The molecule has 4 atom stereocenters. The maximum Gasteiger partial charge on any atom is 0.407 e. The zero-order chi connectivity index (χ0) is 56.7. The molecular formula is C59H106N5O12+. The van der Waals surface area contributed by atoms with Crippen molar-refractivity contribution in [2.75, 3.05) is 79.4 Å². The van der Waals surface area contributed by atoms with Crippen molar-refractivity contribution in [3.63, 3.8) is 0 Å². The van der Waals surface area contributed by atoms with Gasteiger partial charge in [0.1, 0.15) is 52.7 Å². The third kappa shape index (κ3) is 31.0. The number of alkyl carbamates (subject to hydrolysis) is 4. The van der Waals surface area contributed by atoms with Gasteiger partial charge in [0, 0.05) is 36.3 Å². The lowest BCUT2D eigenvalue weighted by atomic mass is 9.62. The number of amides is 4. The van der Waals surface area contributed by atoms with Crippen molar-refractivity contribution in [3.05, 3.63) is 24.3 Å². The molecule has 4 amide bonds. The van der Waals surface area contributed by atoms with E-state index in [-0.39, 0.29) is 84.5 Å². The largest absolute Gasteiger partial charge is 0.459 e. The van der Waals surface area contributed by atoms with Crippen LogP contribution in [0.2, 0.25) is 0 Å². The van der Waals surface area contributed by atoms with Crippen LogP contribution in [-0.4, -0.2) is 132 Å². The van der Waals surface area contributed by atoms with Crippen LogP contribution in [0.5, 0.6) is 0 Å². The number of ether oxygens (including phenoxy) is 6. The predicted molar refractivity (Wildman–Crippen MR) is 299 cm³/mol. The van der Waals surface area contributed by atoms with Crippen molar-refractivity contribution in [3.8, 4) is 0 Å². The maximum atomic E-state index is 13.2. The molecule has 0 spiro atoms. The van der Waals surface area contributed by atoms with E-state index in [1.54, 1.807) is 13.8 Å². The van der Waals surface area contributed by atoms with Gasteiger partial charge in [-0.3, -0.25) is 0 Å². The Morgan fingerprint density at radius 1 is 0.447 bits per heavy atom. The summed E-state index contributed by atoms with van der Waals surface area (Å²) < 4.78 is 32.7. The molecule has 438 valence electrons. The summed E-state index contributed by atoms with van der Waals surface area (Å²) in [5.41, 5.74) is -0.342. The fourth-order valence-electron chi connectivity index (χ4n) is 11.7. The molecule has 0 aromatic carbocycles. The van der Waals surface area contributed by atoms with Crippen LogP contribution in [0.4, 0.5) is 19.2 Å². The minimum Gasteiger partial charge on any atom is -0.459 e. The molecule has 4 unspecified atom stereocenters. The molecule has 4 N–H and O–H groups in total. The summed E-state index contributed by atoms with van der Waals surface area (Å²) in [5, 5.41) is 11.9. The molecule has 2 rings (SSSR count). The predicted octanol–water partition coefficient (Wildman–Crippen LogP) is 12.0. The van der Waals surface area contributed by atoms with E-state index in [2.05, 4.69) is 89.9 Å². The smallest absolute Gasteiger partial charge is 0.407 e. The minimum absolute atomic E-state index is 0.0634. The number of esters is 2. The number of unbranched alkanes of at least 4 members (excludes halogenated alkanes) is 15. The van der Waals surface area contributed by atoms with E-state index in [0.717, 1.165) is 45.1 Å². The van der Waals surface area contributed by atoms with E-state index in [1.807, 2.05) is 0 Å². The van der Waals surface area contributed by atoms with Crippen LogP contribution < -0.4 is 21.3 Å². The first-order valence-corrected chi connectivity index (χ1v) is 28.9. The summed E-state index contributed by atoms with van der Waals surface area (Å²) in [4.78, 5) is 75.1. The molecule has 0 radical (unpaired) electrons. The zero-order valence-corrected chi connectivity index (χ0v) is 49.2. The Balaban J connectivity index is 1.91. The van der Waals surface area contributed by atoms with Gasteiger partial charge in [0.2, 0.25) is 0 Å². The molecule has 17 nitrogen and oxygen atoms in total. The van der Waals surface area contributed by atoms with Gasteiger partial charge in [0.25, 0.3) is 0 Å². The number of nitrogens with one attached hydrogen (secondary N) is 4. The highest BCUT2D eigenvalue weighted by Crippen LogP contribution is 2.47. The summed E-state index contributed by atoms with van der Waals surface area (Å²) in [6.45, 7) is 28.0. The summed E-state index contributed by atoms with van der Waals surface area (Å²) in [6, 6.07) is -0.364. The first-order chi connectivity index (χ1) is 35.8. The van der Waals surface area contributed by atoms with Gasteiger partial charge in [-0.2, -0.15) is 0 Å². The second kappa shape index (κ2) is 35.1. The molecular weight excluding hydrogens is 971 g/mol. The molecule has 0 aromatic rings. The lowest BCUT2D eigenvalue weighted by molar-refractivity contribution is -0.910. The molecule has 0 bridgehead atoms. The van der Waals surface area contributed by atoms with Crippen molar-refractivity contribution in [2.45, 2.75) is 216 Å². The summed E-state index contributed by atoms with van der Waals surface area (Å²) in [5.74, 6) is -1.07. The summed E-state index contributed by atoms with van der Waals surface area (Å²) in [7, 11) is 2.13. The van der Waals surface area contributed by atoms with E-state index in [9.17, 15) is 28.8 Å². The van der Waals surface area contributed by atoms with Crippen LogP contribution in [0.3, 0.4) is 0 Å². The van der Waals surface area contributed by atoms with Crippen molar-refractivity contribution in [1.82, 2.24) is 21.3 Å². The van der Waals surface area contributed by atoms with E-state index in [0.29, 0.717) is 43.5 Å². The molecule has 0 aliphatic heterocycles. The Morgan fingerprint density at radius 2 is 0.763 bits per heavy atom. The maximum absolute atomic E-state index is 13.2. The van der Waals surface area contributed by atoms with Crippen LogP contribution in [0.1, 0.15) is 204 Å². The second-order valence-electron chi connectivity index (χ2n) is 25.0. The first-order valence-electron chi connectivity index (χ1n) is 28.9. The minimum atomic E-state index is -0.586. The summed E-state index contributed by atoms with van der Waals surface area (Å²) >= 11 is 0. The number of nitrogens with zero attached hydrogens (tertiary/aromatic N) is 1. The highest BCUT2D eigenvalue weighted by molar-refractivity contribution is 5.87. The average molecular weight is 1080 g/mol. The average Bonchev–Trinajstić information content (AvgIpc) is 3.31. The van der Waals surface area contributed by atoms with Crippen molar-refractivity contribution >= 4 is 36.3 Å². The van der Waals surface area contributed by atoms with E-state index < -0.39 is 36.3 Å². The molecule has 2 aliphatic rings. The third-order valence-electron chi connectivity index (χ3n) is 14.9. The van der Waals surface area contributed by atoms with Gasteiger partial charge in [0.15, 0.2) is 0 Å². The molecule has 2 saturated carbocycles. The van der Waals surface area contributed by atoms with E-state index >= 15 is 0 Å². The Hall–Kier alpha value is -4.54. The van der Waals surface area contributed by atoms with Crippen LogP contribution in [0.15, 0.2) is 24.3 Å². The Morgan fingerprint density at radius 3 is 1.11 bits per heavy atom. The van der Waals surface area contributed by atoms with Crippen molar-refractivity contribution in [2.24, 2.45) is 21.7 Å². The van der Waals surface area contributed by atoms with Crippen molar-refractivity contribution < 1.29 is 61.7 Å². The molecule has 76 heavy (non-hydrogen) atoms.